The van der Waals surface area contributed by atoms with Crippen molar-refractivity contribution >= 4 is 27.5 Å². The van der Waals surface area contributed by atoms with E-state index in [-0.39, 0.29) is 12.5 Å². The van der Waals surface area contributed by atoms with Gasteiger partial charge in [0.15, 0.2) is 0 Å². The highest BCUT2D eigenvalue weighted by atomic mass is 79.9. The first-order chi connectivity index (χ1) is 6.13. The van der Waals surface area contributed by atoms with Gasteiger partial charge in [-0.1, -0.05) is 40.5 Å². The summed E-state index contributed by atoms with van der Waals surface area (Å²) in [4.78, 5) is 0. The summed E-state index contributed by atoms with van der Waals surface area (Å²) in [6.45, 7) is 2.23. The van der Waals surface area contributed by atoms with Crippen LogP contribution in [0.15, 0.2) is 22.7 Å². The van der Waals surface area contributed by atoms with Crippen LogP contribution in [-0.2, 0) is 6.42 Å². The van der Waals surface area contributed by atoms with Crippen LogP contribution in [0.1, 0.15) is 12.5 Å². The van der Waals surface area contributed by atoms with E-state index in [0.717, 1.165) is 15.9 Å². The molecule has 0 fully saturated rings. The molecule has 0 bridgehead atoms. The Hall–Kier alpha value is -0.0500. The summed E-state index contributed by atoms with van der Waals surface area (Å²) in [5.74, 6) is 0.289. The Morgan fingerprint density at radius 1 is 1.54 bits per heavy atom. The number of rotatable bonds is 3. The molecule has 3 heteroatoms. The van der Waals surface area contributed by atoms with Gasteiger partial charge in [0.05, 0.1) is 0 Å². The molecule has 0 spiro atoms. The molecule has 1 unspecified atom stereocenters. The summed E-state index contributed by atoms with van der Waals surface area (Å²) < 4.78 is 1.01. The lowest BCUT2D eigenvalue weighted by molar-refractivity contribution is 0.237. The predicted octanol–water partition coefficient (Wildman–Crippen LogP) is 3.27. The van der Waals surface area contributed by atoms with E-state index in [2.05, 4.69) is 15.9 Å². The highest BCUT2D eigenvalue weighted by Gasteiger charge is 2.05. The second-order valence-corrected chi connectivity index (χ2v) is 4.52. The van der Waals surface area contributed by atoms with Crippen LogP contribution in [0.5, 0.6) is 0 Å². The summed E-state index contributed by atoms with van der Waals surface area (Å²) in [6, 6.07) is 5.73. The zero-order valence-corrected chi connectivity index (χ0v) is 9.77. The third kappa shape index (κ3) is 3.29. The van der Waals surface area contributed by atoms with E-state index in [1.807, 2.05) is 25.1 Å². The van der Waals surface area contributed by atoms with Gasteiger partial charge >= 0.3 is 0 Å². The lowest BCUT2D eigenvalue weighted by Gasteiger charge is -2.09. The van der Waals surface area contributed by atoms with E-state index in [1.54, 1.807) is 0 Å². The molecule has 13 heavy (non-hydrogen) atoms. The van der Waals surface area contributed by atoms with E-state index in [9.17, 15) is 0 Å². The van der Waals surface area contributed by atoms with Gasteiger partial charge in [-0.25, -0.2) is 0 Å². The smallest absolute Gasteiger partial charge is 0.0459 e. The minimum absolute atomic E-state index is 0.217. The summed E-state index contributed by atoms with van der Waals surface area (Å²) >= 11 is 9.25. The zero-order chi connectivity index (χ0) is 9.84. The number of benzene rings is 1. The summed E-state index contributed by atoms with van der Waals surface area (Å²) in [5.41, 5.74) is 1.19. The van der Waals surface area contributed by atoms with Crippen LogP contribution < -0.4 is 0 Å². The topological polar surface area (TPSA) is 20.2 Å². The molecule has 1 atom stereocenters. The van der Waals surface area contributed by atoms with Crippen molar-refractivity contribution in [3.63, 3.8) is 0 Å². The highest BCUT2D eigenvalue weighted by Crippen LogP contribution is 2.23. The van der Waals surface area contributed by atoms with Crippen molar-refractivity contribution in [1.82, 2.24) is 0 Å². The van der Waals surface area contributed by atoms with Crippen molar-refractivity contribution < 1.29 is 5.11 Å². The number of aliphatic hydroxyl groups is 1. The Balaban J connectivity index is 2.77. The first-order valence-corrected chi connectivity index (χ1v) is 5.35. The van der Waals surface area contributed by atoms with Crippen LogP contribution in [0, 0.1) is 5.92 Å². The fourth-order valence-corrected chi connectivity index (χ4v) is 1.97. The maximum absolute atomic E-state index is 8.90. The van der Waals surface area contributed by atoms with E-state index in [1.165, 1.54) is 5.56 Å². The molecule has 72 valence electrons. The first kappa shape index (κ1) is 11.0. The molecule has 0 amide bonds. The Bertz CT molecular complexity index is 288. The Morgan fingerprint density at radius 3 is 2.77 bits per heavy atom. The van der Waals surface area contributed by atoms with Crippen molar-refractivity contribution in [2.24, 2.45) is 5.92 Å². The standard InChI is InChI=1S/C10H12BrClO/c1-7(6-13)4-8-2-3-9(12)5-10(8)11/h2-3,5,7,13H,4,6H2,1H3. The Kier molecular flexibility index (Phi) is 4.23. The zero-order valence-electron chi connectivity index (χ0n) is 7.43. The first-order valence-electron chi connectivity index (χ1n) is 4.18. The third-order valence-corrected chi connectivity index (χ3v) is 2.87. The number of hydrogen-bond donors (Lipinski definition) is 1. The van der Waals surface area contributed by atoms with E-state index in [0.29, 0.717) is 0 Å². The van der Waals surface area contributed by atoms with Gasteiger partial charge in [-0.2, -0.15) is 0 Å². The number of hydrogen-bond acceptors (Lipinski definition) is 1. The minimum Gasteiger partial charge on any atom is -0.396 e. The van der Waals surface area contributed by atoms with Gasteiger partial charge in [-0.15, -0.1) is 0 Å². The van der Waals surface area contributed by atoms with Crippen molar-refractivity contribution in [1.29, 1.82) is 0 Å². The van der Waals surface area contributed by atoms with Crippen molar-refractivity contribution in [3.05, 3.63) is 33.3 Å². The highest BCUT2D eigenvalue weighted by molar-refractivity contribution is 9.10. The lowest BCUT2D eigenvalue weighted by Crippen LogP contribution is -2.04. The predicted molar refractivity (Wildman–Crippen MR) is 59.1 cm³/mol. The molecule has 0 saturated heterocycles. The van der Waals surface area contributed by atoms with Gasteiger partial charge in [0.1, 0.15) is 0 Å². The molecular formula is C10H12BrClO. The van der Waals surface area contributed by atoms with E-state index in [4.69, 9.17) is 16.7 Å². The summed E-state index contributed by atoms with van der Waals surface area (Å²) in [7, 11) is 0. The fourth-order valence-electron chi connectivity index (χ4n) is 1.13. The minimum atomic E-state index is 0.217. The monoisotopic (exact) mass is 262 g/mol. The third-order valence-electron chi connectivity index (χ3n) is 1.90. The molecule has 1 aromatic rings. The molecule has 0 aliphatic rings. The van der Waals surface area contributed by atoms with Crippen LogP contribution in [-0.4, -0.2) is 11.7 Å². The average Bonchev–Trinajstić information content (AvgIpc) is 2.09. The SMILES string of the molecule is CC(CO)Cc1ccc(Cl)cc1Br. The van der Waals surface area contributed by atoms with Crippen LogP contribution in [0.4, 0.5) is 0 Å². The maximum Gasteiger partial charge on any atom is 0.0459 e. The quantitative estimate of drug-likeness (QED) is 0.887. The van der Waals surface area contributed by atoms with Gasteiger partial charge in [0.25, 0.3) is 0 Å². The van der Waals surface area contributed by atoms with Crippen LogP contribution in [0.25, 0.3) is 0 Å². The lowest BCUT2D eigenvalue weighted by atomic mass is 10.0. The summed E-state index contributed by atoms with van der Waals surface area (Å²) in [6.07, 6.45) is 0.869. The summed E-state index contributed by atoms with van der Waals surface area (Å²) in [5, 5.41) is 9.63. The average molecular weight is 264 g/mol. The molecule has 0 heterocycles. The Morgan fingerprint density at radius 2 is 2.23 bits per heavy atom. The molecule has 1 nitrogen and oxygen atoms in total. The van der Waals surface area contributed by atoms with Crippen molar-refractivity contribution in [3.8, 4) is 0 Å². The number of aliphatic hydroxyl groups excluding tert-OH is 1. The number of halogens is 2. The molecule has 0 aromatic heterocycles. The molecule has 0 aliphatic heterocycles. The van der Waals surface area contributed by atoms with Crippen LogP contribution >= 0.6 is 27.5 Å². The van der Waals surface area contributed by atoms with Gasteiger partial charge < -0.3 is 5.11 Å². The molecule has 1 N–H and O–H groups in total. The van der Waals surface area contributed by atoms with Crippen LogP contribution in [0.3, 0.4) is 0 Å². The maximum atomic E-state index is 8.90. The van der Waals surface area contributed by atoms with Crippen molar-refractivity contribution in [2.45, 2.75) is 13.3 Å². The second kappa shape index (κ2) is 4.99. The van der Waals surface area contributed by atoms with Gasteiger partial charge in [-0.3, -0.25) is 0 Å². The molecule has 0 radical (unpaired) electrons. The van der Waals surface area contributed by atoms with Gasteiger partial charge in [0.2, 0.25) is 0 Å². The Labute approximate surface area is 91.9 Å². The van der Waals surface area contributed by atoms with Crippen molar-refractivity contribution in [2.75, 3.05) is 6.61 Å². The molecule has 1 aromatic carbocycles. The molecular weight excluding hydrogens is 251 g/mol. The normalized spacial score (nSPS) is 12.9. The molecule has 0 aliphatic carbocycles. The molecule has 1 rings (SSSR count). The van der Waals surface area contributed by atoms with Gasteiger partial charge in [0, 0.05) is 16.1 Å². The molecule has 0 saturated carbocycles. The van der Waals surface area contributed by atoms with E-state index < -0.39 is 0 Å². The van der Waals surface area contributed by atoms with E-state index >= 15 is 0 Å². The second-order valence-electron chi connectivity index (χ2n) is 3.23. The van der Waals surface area contributed by atoms with Crippen LogP contribution in [0.2, 0.25) is 5.02 Å². The largest absolute Gasteiger partial charge is 0.396 e. The fraction of sp³-hybridized carbons (Fsp3) is 0.400. The van der Waals surface area contributed by atoms with Gasteiger partial charge in [-0.05, 0) is 30.0 Å².